The van der Waals surface area contributed by atoms with E-state index in [1.54, 1.807) is 0 Å². The summed E-state index contributed by atoms with van der Waals surface area (Å²) >= 11 is 0. The summed E-state index contributed by atoms with van der Waals surface area (Å²) in [4.78, 5) is 27.6. The van der Waals surface area contributed by atoms with Gasteiger partial charge in [-0.25, -0.2) is 0 Å². The highest BCUT2D eigenvalue weighted by molar-refractivity contribution is 5.90. The highest BCUT2D eigenvalue weighted by Gasteiger charge is 2.41. The maximum Gasteiger partial charge on any atom is 0.243 e. The number of likely N-dealkylation sites (tertiary alicyclic amines) is 1. The molecular weight excluding hydrogens is 360 g/mol. The van der Waals surface area contributed by atoms with E-state index in [2.05, 4.69) is 43.4 Å². The van der Waals surface area contributed by atoms with E-state index in [1.165, 1.54) is 5.56 Å². The molecule has 1 saturated carbocycles. The van der Waals surface area contributed by atoms with Crippen molar-refractivity contribution in [3.05, 3.63) is 71.3 Å². The largest absolute Gasteiger partial charge is 0.343 e. The predicted molar refractivity (Wildman–Crippen MR) is 114 cm³/mol. The first-order valence-corrected chi connectivity index (χ1v) is 10.8. The summed E-state index contributed by atoms with van der Waals surface area (Å²) in [6.45, 7) is 5.06. The Balaban J connectivity index is 1.56. The second-order valence-electron chi connectivity index (χ2n) is 8.64. The number of carbonyl (C=O) groups excluding carboxylic acids is 2. The van der Waals surface area contributed by atoms with Gasteiger partial charge in [-0.3, -0.25) is 9.59 Å². The maximum atomic E-state index is 13.2. The van der Waals surface area contributed by atoms with Crippen LogP contribution in [0.3, 0.4) is 0 Å². The molecule has 29 heavy (non-hydrogen) atoms. The topological polar surface area (TPSA) is 49.4 Å². The van der Waals surface area contributed by atoms with Gasteiger partial charge in [-0.2, -0.15) is 0 Å². The lowest BCUT2D eigenvalue weighted by Gasteiger charge is -2.27. The molecule has 4 nitrogen and oxygen atoms in total. The van der Waals surface area contributed by atoms with Crippen LogP contribution in [-0.2, 0) is 9.59 Å². The molecule has 2 aliphatic rings. The Labute approximate surface area is 173 Å². The van der Waals surface area contributed by atoms with Crippen LogP contribution < -0.4 is 5.32 Å². The van der Waals surface area contributed by atoms with E-state index in [0.717, 1.165) is 36.8 Å². The van der Waals surface area contributed by atoms with Crippen molar-refractivity contribution in [1.82, 2.24) is 10.2 Å². The number of carbonyl (C=O) groups is 2. The Bertz CT molecular complexity index is 856. The van der Waals surface area contributed by atoms with Crippen molar-refractivity contribution < 1.29 is 9.59 Å². The molecule has 1 N–H and O–H groups in total. The van der Waals surface area contributed by atoms with E-state index in [9.17, 15) is 9.59 Å². The average molecular weight is 391 g/mol. The minimum absolute atomic E-state index is 0.0433. The first kappa shape index (κ1) is 19.7. The molecular formula is C25H30N2O2. The Kier molecular flexibility index (Phi) is 5.70. The van der Waals surface area contributed by atoms with E-state index >= 15 is 0 Å². The smallest absolute Gasteiger partial charge is 0.243 e. The average Bonchev–Trinajstić information content (AvgIpc) is 3.48. The fraction of sp³-hybridized carbons (Fsp3) is 0.440. The first-order chi connectivity index (χ1) is 14.0. The van der Waals surface area contributed by atoms with E-state index in [1.807, 2.05) is 35.2 Å². The quantitative estimate of drug-likeness (QED) is 0.794. The summed E-state index contributed by atoms with van der Waals surface area (Å²) in [7, 11) is 0. The van der Waals surface area contributed by atoms with Gasteiger partial charge in [0.2, 0.25) is 11.8 Å². The zero-order chi connectivity index (χ0) is 20.4. The number of nitrogens with zero attached hydrogens (tertiary/aromatic N) is 1. The van der Waals surface area contributed by atoms with Crippen LogP contribution in [0.5, 0.6) is 0 Å². The molecule has 2 unspecified atom stereocenters. The molecule has 2 atom stereocenters. The summed E-state index contributed by atoms with van der Waals surface area (Å²) in [5.41, 5.74) is 3.40. The number of benzene rings is 2. The number of rotatable bonds is 6. The normalized spacial score (nSPS) is 20.0. The number of hydrogen-bond donors (Lipinski definition) is 1. The SMILES string of the molecule is CC(C)c1ccc(C(NC(=O)C2CCCN2C(=O)C2CC2)c2ccccc2)cc1. The fourth-order valence-corrected chi connectivity index (χ4v) is 4.18. The Morgan fingerprint density at radius 2 is 1.52 bits per heavy atom. The summed E-state index contributed by atoms with van der Waals surface area (Å²) < 4.78 is 0. The molecule has 1 saturated heterocycles. The highest BCUT2D eigenvalue weighted by Crippen LogP contribution is 2.34. The van der Waals surface area contributed by atoms with Gasteiger partial charge in [0.1, 0.15) is 6.04 Å². The number of amides is 2. The van der Waals surface area contributed by atoms with Crippen LogP contribution in [-0.4, -0.2) is 29.3 Å². The minimum atomic E-state index is -0.343. The monoisotopic (exact) mass is 390 g/mol. The van der Waals surface area contributed by atoms with Gasteiger partial charge in [-0.15, -0.1) is 0 Å². The van der Waals surface area contributed by atoms with E-state index in [4.69, 9.17) is 0 Å². The van der Waals surface area contributed by atoms with Gasteiger partial charge in [-0.1, -0.05) is 68.4 Å². The third-order valence-electron chi connectivity index (χ3n) is 6.12. The number of nitrogens with one attached hydrogen (secondary N) is 1. The van der Waals surface area contributed by atoms with Gasteiger partial charge in [0, 0.05) is 12.5 Å². The van der Waals surface area contributed by atoms with Crippen molar-refractivity contribution in [2.75, 3.05) is 6.54 Å². The molecule has 152 valence electrons. The van der Waals surface area contributed by atoms with Crippen molar-refractivity contribution in [3.8, 4) is 0 Å². The van der Waals surface area contributed by atoms with Crippen molar-refractivity contribution in [2.45, 2.75) is 57.5 Å². The summed E-state index contributed by atoms with van der Waals surface area (Å²) in [5, 5.41) is 3.25. The molecule has 1 aliphatic heterocycles. The molecule has 0 radical (unpaired) electrons. The van der Waals surface area contributed by atoms with Crippen molar-refractivity contribution in [3.63, 3.8) is 0 Å². The van der Waals surface area contributed by atoms with Crippen LogP contribution in [0.4, 0.5) is 0 Å². The fourth-order valence-electron chi connectivity index (χ4n) is 4.18. The molecule has 1 heterocycles. The van der Waals surface area contributed by atoms with E-state index in [-0.39, 0.29) is 29.8 Å². The van der Waals surface area contributed by atoms with Gasteiger partial charge >= 0.3 is 0 Å². The third-order valence-corrected chi connectivity index (χ3v) is 6.12. The summed E-state index contributed by atoms with van der Waals surface area (Å²) in [6.07, 6.45) is 3.59. The van der Waals surface area contributed by atoms with Crippen LogP contribution in [0, 0.1) is 5.92 Å². The van der Waals surface area contributed by atoms with E-state index in [0.29, 0.717) is 12.5 Å². The Morgan fingerprint density at radius 3 is 2.14 bits per heavy atom. The molecule has 4 rings (SSSR count). The molecule has 2 amide bonds. The zero-order valence-corrected chi connectivity index (χ0v) is 17.3. The standard InChI is InChI=1S/C25H30N2O2/c1-17(2)18-10-12-20(13-11-18)23(19-7-4-3-5-8-19)26-24(28)22-9-6-16-27(22)25(29)21-14-15-21/h3-5,7-8,10-13,17,21-23H,6,9,14-16H2,1-2H3,(H,26,28). The Hall–Kier alpha value is -2.62. The highest BCUT2D eigenvalue weighted by atomic mass is 16.2. The van der Waals surface area contributed by atoms with Gasteiger partial charge in [0.25, 0.3) is 0 Å². The minimum Gasteiger partial charge on any atom is -0.343 e. The van der Waals surface area contributed by atoms with Crippen molar-refractivity contribution >= 4 is 11.8 Å². The predicted octanol–water partition coefficient (Wildman–Crippen LogP) is 4.42. The summed E-state index contributed by atoms with van der Waals surface area (Å²) in [6, 6.07) is 18.0. The number of hydrogen-bond acceptors (Lipinski definition) is 2. The van der Waals surface area contributed by atoms with Crippen LogP contribution in [0.15, 0.2) is 54.6 Å². The van der Waals surface area contributed by atoms with Gasteiger partial charge in [0.15, 0.2) is 0 Å². The van der Waals surface area contributed by atoms with Crippen LogP contribution in [0.1, 0.15) is 68.2 Å². The lowest BCUT2D eigenvalue weighted by Crippen LogP contribution is -2.47. The summed E-state index contributed by atoms with van der Waals surface area (Å²) in [5.74, 6) is 0.740. The Morgan fingerprint density at radius 1 is 0.897 bits per heavy atom. The van der Waals surface area contributed by atoms with Crippen LogP contribution in [0.25, 0.3) is 0 Å². The van der Waals surface area contributed by atoms with Crippen LogP contribution in [0.2, 0.25) is 0 Å². The molecule has 2 fully saturated rings. The van der Waals surface area contributed by atoms with E-state index < -0.39 is 0 Å². The zero-order valence-electron chi connectivity index (χ0n) is 17.3. The second-order valence-corrected chi connectivity index (χ2v) is 8.64. The first-order valence-electron chi connectivity index (χ1n) is 10.8. The van der Waals surface area contributed by atoms with Gasteiger partial charge < -0.3 is 10.2 Å². The molecule has 0 bridgehead atoms. The van der Waals surface area contributed by atoms with Gasteiger partial charge in [0.05, 0.1) is 6.04 Å². The van der Waals surface area contributed by atoms with Crippen molar-refractivity contribution in [2.24, 2.45) is 5.92 Å². The molecule has 0 aromatic heterocycles. The second kappa shape index (κ2) is 8.40. The molecule has 0 spiro atoms. The molecule has 1 aliphatic carbocycles. The molecule has 4 heteroatoms. The maximum absolute atomic E-state index is 13.2. The molecule has 2 aromatic rings. The van der Waals surface area contributed by atoms with Gasteiger partial charge in [-0.05, 0) is 48.3 Å². The molecule has 2 aromatic carbocycles. The third kappa shape index (κ3) is 4.36. The lowest BCUT2D eigenvalue weighted by molar-refractivity contribution is -0.139. The van der Waals surface area contributed by atoms with Crippen LogP contribution >= 0.6 is 0 Å². The van der Waals surface area contributed by atoms with Crippen molar-refractivity contribution in [1.29, 1.82) is 0 Å². The lowest BCUT2D eigenvalue weighted by atomic mass is 9.95.